The first-order chi connectivity index (χ1) is 9.31. The van der Waals surface area contributed by atoms with Crippen molar-refractivity contribution in [3.05, 3.63) is 54.1 Å². The standard InChI is InChI=1S/C12H8ClN5O/c13-10-15-11(18-8-4-7-14-18)17-12(16-10)19-9-5-2-1-3-6-9/h1-8H. The van der Waals surface area contributed by atoms with Gasteiger partial charge >= 0.3 is 6.01 Å². The molecule has 6 nitrogen and oxygen atoms in total. The van der Waals surface area contributed by atoms with Crippen molar-refractivity contribution in [2.24, 2.45) is 0 Å². The fourth-order valence-electron chi connectivity index (χ4n) is 1.45. The van der Waals surface area contributed by atoms with Crippen LogP contribution in [0.5, 0.6) is 11.8 Å². The lowest BCUT2D eigenvalue weighted by atomic mass is 10.3. The third kappa shape index (κ3) is 2.69. The van der Waals surface area contributed by atoms with E-state index in [2.05, 4.69) is 20.1 Å². The van der Waals surface area contributed by atoms with Crippen LogP contribution in [0.3, 0.4) is 0 Å². The molecule has 3 aromatic rings. The lowest BCUT2D eigenvalue weighted by Crippen LogP contribution is -2.05. The molecule has 0 radical (unpaired) electrons. The van der Waals surface area contributed by atoms with E-state index < -0.39 is 0 Å². The van der Waals surface area contributed by atoms with Crippen LogP contribution in [0, 0.1) is 0 Å². The van der Waals surface area contributed by atoms with E-state index in [1.165, 1.54) is 4.68 Å². The first-order valence-corrected chi connectivity index (χ1v) is 5.83. The van der Waals surface area contributed by atoms with Crippen LogP contribution in [0.25, 0.3) is 5.95 Å². The summed E-state index contributed by atoms with van der Waals surface area (Å²) in [4.78, 5) is 12.0. The number of aromatic nitrogens is 5. The molecule has 3 rings (SSSR count). The Morgan fingerprint density at radius 2 is 1.84 bits per heavy atom. The van der Waals surface area contributed by atoms with Crippen molar-refractivity contribution in [2.45, 2.75) is 0 Å². The molecule has 94 valence electrons. The molecule has 0 spiro atoms. The number of nitrogens with zero attached hydrogens (tertiary/aromatic N) is 5. The summed E-state index contributed by atoms with van der Waals surface area (Å²) < 4.78 is 6.99. The summed E-state index contributed by atoms with van der Waals surface area (Å²) >= 11 is 5.85. The number of rotatable bonds is 3. The largest absolute Gasteiger partial charge is 0.424 e. The van der Waals surface area contributed by atoms with Gasteiger partial charge in [0.25, 0.3) is 5.95 Å². The molecule has 0 unspecified atom stereocenters. The van der Waals surface area contributed by atoms with Gasteiger partial charge in [-0.1, -0.05) is 18.2 Å². The van der Waals surface area contributed by atoms with Crippen LogP contribution in [0.1, 0.15) is 0 Å². The van der Waals surface area contributed by atoms with Crippen LogP contribution >= 0.6 is 11.6 Å². The molecule has 19 heavy (non-hydrogen) atoms. The molecule has 0 atom stereocenters. The van der Waals surface area contributed by atoms with Gasteiger partial charge in [0.1, 0.15) is 5.75 Å². The number of hydrogen-bond donors (Lipinski definition) is 0. The van der Waals surface area contributed by atoms with E-state index in [1.807, 2.05) is 18.2 Å². The van der Waals surface area contributed by atoms with E-state index in [9.17, 15) is 0 Å². The molecular weight excluding hydrogens is 266 g/mol. The second kappa shape index (κ2) is 5.03. The quantitative estimate of drug-likeness (QED) is 0.733. The molecule has 0 saturated heterocycles. The molecule has 0 fully saturated rings. The van der Waals surface area contributed by atoms with Crippen LogP contribution in [-0.2, 0) is 0 Å². The topological polar surface area (TPSA) is 65.7 Å². The van der Waals surface area contributed by atoms with Crippen molar-refractivity contribution >= 4 is 11.6 Å². The zero-order chi connectivity index (χ0) is 13.1. The van der Waals surface area contributed by atoms with Crippen molar-refractivity contribution in [3.63, 3.8) is 0 Å². The second-order valence-corrected chi connectivity index (χ2v) is 3.89. The van der Waals surface area contributed by atoms with E-state index >= 15 is 0 Å². The lowest BCUT2D eigenvalue weighted by Gasteiger charge is -2.05. The molecule has 0 aliphatic rings. The molecule has 0 N–H and O–H groups in total. The normalized spacial score (nSPS) is 10.4. The number of benzene rings is 1. The number of halogens is 1. The smallest absolute Gasteiger partial charge is 0.328 e. The maximum Gasteiger partial charge on any atom is 0.328 e. The van der Waals surface area contributed by atoms with E-state index in [1.54, 1.807) is 30.6 Å². The van der Waals surface area contributed by atoms with E-state index in [4.69, 9.17) is 16.3 Å². The fraction of sp³-hybridized carbons (Fsp3) is 0. The molecule has 0 amide bonds. The summed E-state index contributed by atoms with van der Waals surface area (Å²) in [6, 6.07) is 11.1. The Hall–Kier alpha value is -2.47. The number of ether oxygens (including phenoxy) is 1. The van der Waals surface area contributed by atoms with Crippen LogP contribution in [-0.4, -0.2) is 24.7 Å². The van der Waals surface area contributed by atoms with Crippen LogP contribution in [0.4, 0.5) is 0 Å². The van der Waals surface area contributed by atoms with Gasteiger partial charge in [0.15, 0.2) is 0 Å². The number of para-hydroxylation sites is 1. The van der Waals surface area contributed by atoms with Gasteiger partial charge in [-0.3, -0.25) is 0 Å². The van der Waals surface area contributed by atoms with Gasteiger partial charge in [0.05, 0.1) is 0 Å². The van der Waals surface area contributed by atoms with Gasteiger partial charge in [-0.25, -0.2) is 4.68 Å². The SMILES string of the molecule is Clc1nc(Oc2ccccc2)nc(-n2cccn2)n1. The molecule has 7 heteroatoms. The second-order valence-electron chi connectivity index (χ2n) is 3.55. The third-order valence-corrected chi connectivity index (χ3v) is 2.41. The van der Waals surface area contributed by atoms with Gasteiger partial charge in [0, 0.05) is 12.4 Å². The fourth-order valence-corrected chi connectivity index (χ4v) is 1.60. The predicted octanol–water partition coefficient (Wildman–Crippen LogP) is 2.50. The predicted molar refractivity (Wildman–Crippen MR) is 68.5 cm³/mol. The van der Waals surface area contributed by atoms with E-state index in [0.29, 0.717) is 11.7 Å². The Morgan fingerprint density at radius 1 is 1.00 bits per heavy atom. The summed E-state index contributed by atoms with van der Waals surface area (Å²) in [7, 11) is 0. The molecular formula is C12H8ClN5O. The molecule has 1 aromatic carbocycles. The minimum Gasteiger partial charge on any atom is -0.424 e. The Kier molecular flexibility index (Phi) is 3.07. The van der Waals surface area contributed by atoms with E-state index in [0.717, 1.165) is 0 Å². The highest BCUT2D eigenvalue weighted by atomic mass is 35.5. The van der Waals surface area contributed by atoms with Gasteiger partial charge in [0.2, 0.25) is 5.28 Å². The summed E-state index contributed by atoms with van der Waals surface area (Å²) in [5.41, 5.74) is 0. The van der Waals surface area contributed by atoms with Gasteiger partial charge in [-0.15, -0.1) is 0 Å². The Balaban J connectivity index is 1.94. The minimum absolute atomic E-state index is 0.0476. The lowest BCUT2D eigenvalue weighted by molar-refractivity contribution is 0.437. The van der Waals surface area contributed by atoms with Gasteiger partial charge < -0.3 is 4.74 Å². The summed E-state index contributed by atoms with van der Waals surface area (Å²) in [5.74, 6) is 0.923. The highest BCUT2D eigenvalue weighted by molar-refractivity contribution is 6.28. The molecule has 2 aromatic heterocycles. The van der Waals surface area contributed by atoms with Crippen LogP contribution < -0.4 is 4.74 Å². The van der Waals surface area contributed by atoms with Gasteiger partial charge in [-0.2, -0.15) is 20.1 Å². The Labute approximate surface area is 113 Å². The Bertz CT molecular complexity index is 672. The average molecular weight is 274 g/mol. The zero-order valence-corrected chi connectivity index (χ0v) is 10.4. The highest BCUT2D eigenvalue weighted by Crippen LogP contribution is 2.18. The Morgan fingerprint density at radius 3 is 2.58 bits per heavy atom. The maximum atomic E-state index is 5.85. The first kappa shape index (κ1) is 11.6. The van der Waals surface area contributed by atoms with Crippen molar-refractivity contribution < 1.29 is 4.74 Å². The third-order valence-electron chi connectivity index (χ3n) is 2.24. The average Bonchev–Trinajstić information content (AvgIpc) is 2.93. The molecule has 0 aliphatic heterocycles. The van der Waals surface area contributed by atoms with Crippen molar-refractivity contribution in [3.8, 4) is 17.7 Å². The van der Waals surface area contributed by atoms with Crippen LogP contribution in [0.15, 0.2) is 48.8 Å². The van der Waals surface area contributed by atoms with Gasteiger partial charge in [-0.05, 0) is 29.8 Å². The highest BCUT2D eigenvalue weighted by Gasteiger charge is 2.08. The van der Waals surface area contributed by atoms with Crippen molar-refractivity contribution in [2.75, 3.05) is 0 Å². The van der Waals surface area contributed by atoms with E-state index in [-0.39, 0.29) is 11.3 Å². The monoisotopic (exact) mass is 273 g/mol. The molecule has 0 bridgehead atoms. The molecule has 0 aliphatic carbocycles. The summed E-state index contributed by atoms with van der Waals surface area (Å²) in [6.45, 7) is 0. The maximum absolute atomic E-state index is 5.85. The first-order valence-electron chi connectivity index (χ1n) is 5.46. The molecule has 2 heterocycles. The minimum atomic E-state index is 0.0476. The zero-order valence-electron chi connectivity index (χ0n) is 9.64. The number of hydrogen-bond acceptors (Lipinski definition) is 5. The van der Waals surface area contributed by atoms with Crippen molar-refractivity contribution in [1.82, 2.24) is 24.7 Å². The summed E-state index contributed by atoms with van der Waals surface area (Å²) in [5, 5.41) is 4.07. The summed E-state index contributed by atoms with van der Waals surface area (Å²) in [6.07, 6.45) is 3.33. The molecule has 0 saturated carbocycles. The van der Waals surface area contributed by atoms with Crippen LogP contribution in [0.2, 0.25) is 5.28 Å². The van der Waals surface area contributed by atoms with Crippen molar-refractivity contribution in [1.29, 1.82) is 0 Å².